The zero-order valence-corrected chi connectivity index (χ0v) is 15.8. The lowest BCUT2D eigenvalue weighted by Gasteiger charge is -2.46. The molecule has 0 spiro atoms. The average Bonchev–Trinajstić information content (AvgIpc) is 2.44. The molecular weight excluding hydrogens is 298 g/mol. The number of carbonyl (C=O) groups excluding carboxylic acids is 1. The van der Waals surface area contributed by atoms with Crippen molar-refractivity contribution in [1.29, 1.82) is 0 Å². The second kappa shape index (κ2) is 7.56. The molecule has 1 aliphatic rings. The maximum Gasteiger partial charge on any atom is 0.315 e. The van der Waals surface area contributed by atoms with E-state index in [0.29, 0.717) is 0 Å². The summed E-state index contributed by atoms with van der Waals surface area (Å²) >= 11 is 0. The standard InChI is InChI=1S/C20H33N3O/c1-6-10-17(15-11-8-7-9-12-15)22-18(24)21-16-13-19(2,3)23-20(4,5)14-16/h7-9,11-12,16-17,23H,6,10,13-14H2,1-5H3,(H2,21,22,24)/t17-/m0/s1. The first-order valence-electron chi connectivity index (χ1n) is 9.12. The number of carbonyl (C=O) groups is 1. The van der Waals surface area contributed by atoms with Crippen LogP contribution in [0, 0.1) is 0 Å². The van der Waals surface area contributed by atoms with Gasteiger partial charge in [-0.25, -0.2) is 4.79 Å². The van der Waals surface area contributed by atoms with E-state index in [9.17, 15) is 4.79 Å². The zero-order chi connectivity index (χ0) is 17.8. The summed E-state index contributed by atoms with van der Waals surface area (Å²) in [7, 11) is 0. The Bertz CT molecular complexity index is 523. The second-order valence-electron chi connectivity index (χ2n) is 8.37. The normalized spacial score (nSPS) is 21.0. The molecule has 2 rings (SSSR count). The van der Waals surface area contributed by atoms with Gasteiger partial charge in [0.25, 0.3) is 0 Å². The van der Waals surface area contributed by atoms with E-state index in [1.165, 1.54) is 5.56 Å². The third-order valence-electron chi connectivity index (χ3n) is 4.61. The van der Waals surface area contributed by atoms with Gasteiger partial charge in [0.05, 0.1) is 6.04 Å². The van der Waals surface area contributed by atoms with Crippen molar-refractivity contribution in [1.82, 2.24) is 16.0 Å². The van der Waals surface area contributed by atoms with Crippen molar-refractivity contribution in [2.75, 3.05) is 0 Å². The van der Waals surface area contributed by atoms with Crippen molar-refractivity contribution >= 4 is 6.03 Å². The van der Waals surface area contributed by atoms with Gasteiger partial charge in [-0.05, 0) is 52.5 Å². The first-order valence-corrected chi connectivity index (χ1v) is 9.12. The van der Waals surface area contributed by atoms with Crippen molar-refractivity contribution in [3.63, 3.8) is 0 Å². The van der Waals surface area contributed by atoms with Crippen LogP contribution in [0.1, 0.15) is 71.9 Å². The monoisotopic (exact) mass is 331 g/mol. The largest absolute Gasteiger partial charge is 0.335 e. The number of hydrogen-bond acceptors (Lipinski definition) is 2. The Balaban J connectivity index is 1.98. The van der Waals surface area contributed by atoms with E-state index in [0.717, 1.165) is 25.7 Å². The predicted octanol–water partition coefficient (Wildman–Crippen LogP) is 4.14. The van der Waals surface area contributed by atoms with Crippen LogP contribution in [0.25, 0.3) is 0 Å². The van der Waals surface area contributed by atoms with Gasteiger partial charge in [-0.1, -0.05) is 43.7 Å². The van der Waals surface area contributed by atoms with Gasteiger partial charge in [0.2, 0.25) is 0 Å². The molecule has 0 aromatic heterocycles. The van der Waals surface area contributed by atoms with Crippen LogP contribution in [0.4, 0.5) is 4.79 Å². The molecule has 0 aliphatic carbocycles. The van der Waals surface area contributed by atoms with E-state index in [-0.39, 0.29) is 29.2 Å². The minimum Gasteiger partial charge on any atom is -0.335 e. The highest BCUT2D eigenvalue weighted by Gasteiger charge is 2.38. The molecular formula is C20H33N3O. The first-order chi connectivity index (χ1) is 11.2. The van der Waals surface area contributed by atoms with Crippen LogP contribution < -0.4 is 16.0 Å². The van der Waals surface area contributed by atoms with Gasteiger partial charge < -0.3 is 16.0 Å². The van der Waals surface area contributed by atoms with Crippen molar-refractivity contribution in [3.8, 4) is 0 Å². The van der Waals surface area contributed by atoms with Gasteiger partial charge in [0.15, 0.2) is 0 Å². The topological polar surface area (TPSA) is 53.2 Å². The Labute approximate surface area is 146 Å². The number of amides is 2. The molecule has 3 N–H and O–H groups in total. The lowest BCUT2D eigenvalue weighted by atomic mass is 9.80. The highest BCUT2D eigenvalue weighted by molar-refractivity contribution is 5.74. The highest BCUT2D eigenvalue weighted by Crippen LogP contribution is 2.28. The first kappa shape index (κ1) is 18.8. The third kappa shape index (κ3) is 5.52. The summed E-state index contributed by atoms with van der Waals surface area (Å²) in [5.41, 5.74) is 1.23. The number of urea groups is 1. The molecule has 1 heterocycles. The Hall–Kier alpha value is -1.55. The Morgan fingerprint density at radius 2 is 1.75 bits per heavy atom. The van der Waals surface area contributed by atoms with E-state index in [2.05, 4.69) is 62.7 Å². The number of piperidine rings is 1. The Morgan fingerprint density at radius 1 is 1.17 bits per heavy atom. The highest BCUT2D eigenvalue weighted by atomic mass is 16.2. The lowest BCUT2D eigenvalue weighted by Crippen LogP contribution is -2.62. The fraction of sp³-hybridized carbons (Fsp3) is 0.650. The molecule has 2 amide bonds. The van der Waals surface area contributed by atoms with Crippen LogP contribution in [0.2, 0.25) is 0 Å². The van der Waals surface area contributed by atoms with Crippen molar-refractivity contribution in [2.45, 2.75) is 83.5 Å². The molecule has 24 heavy (non-hydrogen) atoms. The molecule has 0 bridgehead atoms. The summed E-state index contributed by atoms with van der Waals surface area (Å²) in [5, 5.41) is 10.0. The molecule has 4 nitrogen and oxygen atoms in total. The van der Waals surface area contributed by atoms with Gasteiger partial charge in [0.1, 0.15) is 0 Å². The number of nitrogens with one attached hydrogen (secondary N) is 3. The predicted molar refractivity (Wildman–Crippen MR) is 100 cm³/mol. The van der Waals surface area contributed by atoms with Gasteiger partial charge >= 0.3 is 6.03 Å². The zero-order valence-electron chi connectivity index (χ0n) is 15.8. The third-order valence-corrected chi connectivity index (χ3v) is 4.61. The van der Waals surface area contributed by atoms with Crippen LogP contribution in [0.15, 0.2) is 30.3 Å². The molecule has 1 fully saturated rings. The summed E-state index contributed by atoms with van der Waals surface area (Å²) in [6.45, 7) is 10.9. The lowest BCUT2D eigenvalue weighted by molar-refractivity contribution is 0.147. The van der Waals surface area contributed by atoms with Gasteiger partial charge in [0, 0.05) is 17.1 Å². The molecule has 4 heteroatoms. The van der Waals surface area contributed by atoms with E-state index in [1.807, 2.05) is 18.2 Å². The number of rotatable bonds is 5. The van der Waals surface area contributed by atoms with Crippen molar-refractivity contribution in [3.05, 3.63) is 35.9 Å². The van der Waals surface area contributed by atoms with Gasteiger partial charge in [-0.2, -0.15) is 0 Å². The van der Waals surface area contributed by atoms with E-state index >= 15 is 0 Å². The second-order valence-corrected chi connectivity index (χ2v) is 8.37. The van der Waals surface area contributed by atoms with Crippen molar-refractivity contribution < 1.29 is 4.79 Å². The molecule has 1 aliphatic heterocycles. The Kier molecular flexibility index (Phi) is 5.92. The minimum absolute atomic E-state index is 0.0297. The molecule has 0 radical (unpaired) electrons. The summed E-state index contributed by atoms with van der Waals surface area (Å²) in [4.78, 5) is 12.5. The molecule has 134 valence electrons. The fourth-order valence-electron chi connectivity index (χ4n) is 4.11. The molecule has 1 atom stereocenters. The minimum atomic E-state index is -0.0594. The molecule has 1 aromatic rings. The average molecular weight is 332 g/mol. The van der Waals surface area contributed by atoms with Crippen LogP contribution in [0.3, 0.4) is 0 Å². The van der Waals surface area contributed by atoms with Crippen LogP contribution in [-0.4, -0.2) is 23.2 Å². The van der Waals surface area contributed by atoms with E-state index < -0.39 is 0 Å². The van der Waals surface area contributed by atoms with Crippen LogP contribution in [-0.2, 0) is 0 Å². The van der Waals surface area contributed by atoms with Gasteiger partial charge in [-0.3, -0.25) is 0 Å². The van der Waals surface area contributed by atoms with E-state index in [4.69, 9.17) is 0 Å². The smallest absolute Gasteiger partial charge is 0.315 e. The van der Waals surface area contributed by atoms with E-state index in [1.54, 1.807) is 0 Å². The SMILES string of the molecule is CCC[C@H](NC(=O)NC1CC(C)(C)NC(C)(C)C1)c1ccccc1. The quantitative estimate of drug-likeness (QED) is 0.759. The maximum absolute atomic E-state index is 12.5. The fourth-order valence-corrected chi connectivity index (χ4v) is 4.11. The number of benzene rings is 1. The number of hydrogen-bond donors (Lipinski definition) is 3. The van der Waals surface area contributed by atoms with Crippen LogP contribution >= 0.6 is 0 Å². The molecule has 1 aromatic carbocycles. The molecule has 0 saturated carbocycles. The summed E-state index contributed by atoms with van der Waals surface area (Å²) in [6, 6.07) is 10.4. The van der Waals surface area contributed by atoms with Crippen LogP contribution in [0.5, 0.6) is 0 Å². The summed E-state index contributed by atoms with van der Waals surface area (Å²) < 4.78 is 0. The summed E-state index contributed by atoms with van der Waals surface area (Å²) in [6.07, 6.45) is 3.86. The maximum atomic E-state index is 12.5. The Morgan fingerprint density at radius 3 is 2.29 bits per heavy atom. The summed E-state index contributed by atoms with van der Waals surface area (Å²) in [5.74, 6) is 0. The van der Waals surface area contributed by atoms with Gasteiger partial charge in [-0.15, -0.1) is 0 Å². The molecule has 0 unspecified atom stereocenters. The van der Waals surface area contributed by atoms with Crippen molar-refractivity contribution in [2.24, 2.45) is 0 Å². The molecule has 1 saturated heterocycles.